The fourth-order valence-corrected chi connectivity index (χ4v) is 1.56. The molecule has 92 valence electrons. The lowest BCUT2D eigenvalue weighted by molar-refractivity contribution is -0.126. The third-order valence-electron chi connectivity index (χ3n) is 2.30. The van der Waals surface area contributed by atoms with Crippen molar-refractivity contribution in [1.82, 2.24) is 5.48 Å². The Hall–Kier alpha value is -2.00. The van der Waals surface area contributed by atoms with Crippen LogP contribution in [0.1, 0.15) is 5.56 Å². The lowest BCUT2D eigenvalue weighted by Gasteiger charge is -2.06. The second-order valence-corrected chi connectivity index (χ2v) is 4.18. The zero-order valence-electron chi connectivity index (χ0n) is 9.60. The quantitative estimate of drug-likeness (QED) is 0.860. The smallest absolute Gasteiger partial charge is 0.256 e. The fourth-order valence-electron chi connectivity index (χ4n) is 1.44. The summed E-state index contributed by atoms with van der Waals surface area (Å²) in [6.45, 7) is 0. The minimum atomic E-state index is -0.198. The molecular formula is C14H12ClNO2. The van der Waals surface area contributed by atoms with E-state index in [1.54, 1.807) is 24.3 Å². The summed E-state index contributed by atoms with van der Waals surface area (Å²) in [7, 11) is 0. The molecule has 2 aromatic carbocycles. The first-order valence-corrected chi connectivity index (χ1v) is 5.87. The molecule has 0 aliphatic carbocycles. The van der Waals surface area contributed by atoms with Crippen LogP contribution in [0.2, 0.25) is 5.02 Å². The van der Waals surface area contributed by atoms with Crippen molar-refractivity contribution in [3.05, 3.63) is 65.2 Å². The van der Waals surface area contributed by atoms with Crippen molar-refractivity contribution >= 4 is 17.5 Å². The topological polar surface area (TPSA) is 38.3 Å². The highest BCUT2D eigenvalue weighted by Gasteiger charge is 2.03. The minimum Gasteiger partial charge on any atom is -0.380 e. The van der Waals surface area contributed by atoms with Crippen molar-refractivity contribution in [3.8, 4) is 5.75 Å². The number of amides is 1. The molecule has 0 spiro atoms. The third kappa shape index (κ3) is 3.79. The molecule has 0 saturated carbocycles. The number of rotatable bonds is 4. The van der Waals surface area contributed by atoms with Crippen molar-refractivity contribution < 1.29 is 9.63 Å². The van der Waals surface area contributed by atoms with Crippen LogP contribution in [0.5, 0.6) is 5.75 Å². The summed E-state index contributed by atoms with van der Waals surface area (Å²) >= 11 is 5.74. The number of hydroxylamine groups is 1. The van der Waals surface area contributed by atoms with E-state index < -0.39 is 0 Å². The van der Waals surface area contributed by atoms with Crippen LogP contribution in [0.15, 0.2) is 54.6 Å². The normalized spacial score (nSPS) is 9.83. The van der Waals surface area contributed by atoms with E-state index in [0.29, 0.717) is 10.8 Å². The molecule has 0 heterocycles. The van der Waals surface area contributed by atoms with Gasteiger partial charge in [0.2, 0.25) is 0 Å². The molecule has 2 rings (SSSR count). The average molecular weight is 262 g/mol. The Bertz CT molecular complexity index is 511. The van der Waals surface area contributed by atoms with Gasteiger partial charge in [-0.1, -0.05) is 41.9 Å². The largest absolute Gasteiger partial charge is 0.380 e. The van der Waals surface area contributed by atoms with Gasteiger partial charge in [0.05, 0.1) is 6.42 Å². The lowest BCUT2D eigenvalue weighted by Crippen LogP contribution is -2.28. The van der Waals surface area contributed by atoms with Gasteiger partial charge in [0.1, 0.15) is 0 Å². The molecule has 18 heavy (non-hydrogen) atoms. The fraction of sp³-hybridized carbons (Fsp3) is 0.0714. The van der Waals surface area contributed by atoms with Crippen molar-refractivity contribution in [3.63, 3.8) is 0 Å². The highest BCUT2D eigenvalue weighted by Crippen LogP contribution is 2.14. The molecule has 4 heteroatoms. The van der Waals surface area contributed by atoms with Gasteiger partial charge in [0.15, 0.2) is 5.75 Å². The molecule has 1 N–H and O–H groups in total. The molecule has 2 aromatic rings. The van der Waals surface area contributed by atoms with Gasteiger partial charge in [-0.3, -0.25) is 4.79 Å². The molecule has 0 fully saturated rings. The Balaban J connectivity index is 1.83. The molecule has 0 saturated heterocycles. The van der Waals surface area contributed by atoms with Gasteiger partial charge < -0.3 is 4.84 Å². The number of hydrogen-bond acceptors (Lipinski definition) is 2. The summed E-state index contributed by atoms with van der Waals surface area (Å²) in [5.74, 6) is 0.344. The van der Waals surface area contributed by atoms with Crippen LogP contribution in [0, 0.1) is 0 Å². The van der Waals surface area contributed by atoms with E-state index in [0.717, 1.165) is 5.56 Å². The van der Waals surface area contributed by atoms with E-state index >= 15 is 0 Å². The van der Waals surface area contributed by atoms with Crippen LogP contribution < -0.4 is 10.3 Å². The van der Waals surface area contributed by atoms with Gasteiger partial charge in [0.25, 0.3) is 5.91 Å². The predicted molar refractivity (Wildman–Crippen MR) is 70.4 cm³/mol. The van der Waals surface area contributed by atoms with E-state index in [4.69, 9.17) is 16.4 Å². The van der Waals surface area contributed by atoms with Crippen molar-refractivity contribution in [1.29, 1.82) is 0 Å². The van der Waals surface area contributed by atoms with Crippen LogP contribution in [0.4, 0.5) is 0 Å². The number of hydrogen-bond donors (Lipinski definition) is 1. The summed E-state index contributed by atoms with van der Waals surface area (Å²) in [5.41, 5.74) is 3.32. The lowest BCUT2D eigenvalue weighted by atomic mass is 10.1. The summed E-state index contributed by atoms with van der Waals surface area (Å²) in [6.07, 6.45) is 0.286. The third-order valence-corrected chi connectivity index (χ3v) is 2.56. The van der Waals surface area contributed by atoms with Gasteiger partial charge >= 0.3 is 0 Å². The standard InChI is InChI=1S/C14H12ClNO2/c15-12-6-8-13(9-7-12)18-16-14(17)10-11-4-2-1-3-5-11/h1-9H,10H2,(H,16,17). The molecule has 0 aliphatic heterocycles. The van der Waals surface area contributed by atoms with E-state index in [1.807, 2.05) is 30.3 Å². The second-order valence-electron chi connectivity index (χ2n) is 3.74. The molecule has 0 aromatic heterocycles. The van der Waals surface area contributed by atoms with Crippen LogP contribution in [0.25, 0.3) is 0 Å². The first kappa shape index (κ1) is 12.5. The Morgan fingerprint density at radius 1 is 1.06 bits per heavy atom. The summed E-state index contributed by atoms with van der Waals surface area (Å²) in [4.78, 5) is 16.7. The number of benzene rings is 2. The van der Waals surface area contributed by atoms with Gasteiger partial charge in [-0.25, -0.2) is 0 Å². The summed E-state index contributed by atoms with van der Waals surface area (Å²) < 4.78 is 0. The maximum absolute atomic E-state index is 11.6. The zero-order chi connectivity index (χ0) is 12.8. The van der Waals surface area contributed by atoms with E-state index in [1.165, 1.54) is 0 Å². The van der Waals surface area contributed by atoms with Crippen molar-refractivity contribution in [2.75, 3.05) is 0 Å². The average Bonchev–Trinajstić information content (AvgIpc) is 2.39. The highest BCUT2D eigenvalue weighted by molar-refractivity contribution is 6.30. The molecule has 0 atom stereocenters. The zero-order valence-corrected chi connectivity index (χ0v) is 10.4. The molecule has 0 bridgehead atoms. The first-order chi connectivity index (χ1) is 8.74. The Morgan fingerprint density at radius 3 is 2.39 bits per heavy atom. The van der Waals surface area contributed by atoms with Crippen molar-refractivity contribution in [2.24, 2.45) is 0 Å². The molecule has 0 radical (unpaired) electrons. The SMILES string of the molecule is O=C(Cc1ccccc1)NOc1ccc(Cl)cc1. The molecule has 3 nitrogen and oxygen atoms in total. The number of nitrogens with one attached hydrogen (secondary N) is 1. The molecule has 0 unspecified atom stereocenters. The van der Waals surface area contributed by atoms with Crippen LogP contribution in [0.3, 0.4) is 0 Å². The van der Waals surface area contributed by atoms with E-state index in [-0.39, 0.29) is 12.3 Å². The van der Waals surface area contributed by atoms with Crippen LogP contribution >= 0.6 is 11.6 Å². The van der Waals surface area contributed by atoms with Crippen molar-refractivity contribution in [2.45, 2.75) is 6.42 Å². The Labute approximate surface area is 110 Å². The summed E-state index contributed by atoms with van der Waals surface area (Å²) in [5, 5.41) is 0.623. The maximum Gasteiger partial charge on any atom is 0.256 e. The van der Waals surface area contributed by atoms with E-state index in [2.05, 4.69) is 5.48 Å². The number of halogens is 1. The van der Waals surface area contributed by atoms with Gasteiger partial charge in [0, 0.05) is 5.02 Å². The van der Waals surface area contributed by atoms with Crippen LogP contribution in [-0.4, -0.2) is 5.91 Å². The predicted octanol–water partition coefficient (Wildman–Crippen LogP) is 2.99. The summed E-state index contributed by atoms with van der Waals surface area (Å²) in [6, 6.07) is 16.2. The van der Waals surface area contributed by atoms with E-state index in [9.17, 15) is 4.79 Å². The molecular weight excluding hydrogens is 250 g/mol. The maximum atomic E-state index is 11.6. The first-order valence-electron chi connectivity index (χ1n) is 5.49. The second kappa shape index (κ2) is 6.07. The Morgan fingerprint density at radius 2 is 1.72 bits per heavy atom. The highest BCUT2D eigenvalue weighted by atomic mass is 35.5. The van der Waals surface area contributed by atoms with Gasteiger partial charge in [-0.2, -0.15) is 5.48 Å². The molecule has 1 amide bonds. The monoisotopic (exact) mass is 261 g/mol. The van der Waals surface area contributed by atoms with Crippen LogP contribution in [-0.2, 0) is 11.2 Å². The van der Waals surface area contributed by atoms with Gasteiger partial charge in [-0.05, 0) is 29.8 Å². The number of carbonyl (C=O) groups is 1. The Kier molecular flexibility index (Phi) is 4.20. The van der Waals surface area contributed by atoms with Gasteiger partial charge in [-0.15, -0.1) is 0 Å². The minimum absolute atomic E-state index is 0.198. The molecule has 0 aliphatic rings. The number of carbonyl (C=O) groups excluding carboxylic acids is 1.